The molecule has 0 heterocycles. The van der Waals surface area contributed by atoms with Gasteiger partial charge in [-0.1, -0.05) is 6.07 Å². The molecule has 78 valence electrons. The summed E-state index contributed by atoms with van der Waals surface area (Å²) in [6.45, 7) is 7.51. The Balaban J connectivity index is 2.73. The first-order valence-electron chi connectivity index (χ1n) is 5.08. The first-order chi connectivity index (χ1) is 6.66. The molecule has 0 saturated carbocycles. The maximum Gasteiger partial charge on any atom is 0.0372 e. The molecule has 0 bridgehead atoms. The molecule has 0 aliphatic carbocycles. The topological polar surface area (TPSA) is 12.0 Å². The SMILES string of the molecule is Cc1ccc(NCCCS)c(C)c1C. The van der Waals surface area contributed by atoms with Gasteiger partial charge in [0.05, 0.1) is 0 Å². The van der Waals surface area contributed by atoms with Gasteiger partial charge < -0.3 is 5.32 Å². The van der Waals surface area contributed by atoms with E-state index in [1.54, 1.807) is 0 Å². The lowest BCUT2D eigenvalue weighted by atomic mass is 10.0. The Kier molecular flexibility index (Phi) is 4.33. The zero-order valence-electron chi connectivity index (χ0n) is 9.22. The molecule has 0 aliphatic rings. The molecule has 1 rings (SSSR count). The maximum absolute atomic E-state index is 4.19. The fourth-order valence-corrected chi connectivity index (χ4v) is 1.61. The van der Waals surface area contributed by atoms with Gasteiger partial charge in [-0.05, 0) is 55.7 Å². The fourth-order valence-electron chi connectivity index (χ4n) is 1.45. The molecule has 1 aromatic carbocycles. The molecule has 0 amide bonds. The number of benzene rings is 1. The normalized spacial score (nSPS) is 10.3. The van der Waals surface area contributed by atoms with Crippen LogP contribution < -0.4 is 5.32 Å². The van der Waals surface area contributed by atoms with Gasteiger partial charge in [0.2, 0.25) is 0 Å². The number of anilines is 1. The van der Waals surface area contributed by atoms with Gasteiger partial charge >= 0.3 is 0 Å². The number of hydrogen-bond donors (Lipinski definition) is 2. The van der Waals surface area contributed by atoms with Gasteiger partial charge in [0, 0.05) is 12.2 Å². The van der Waals surface area contributed by atoms with E-state index in [0.717, 1.165) is 18.7 Å². The van der Waals surface area contributed by atoms with E-state index in [-0.39, 0.29) is 0 Å². The fraction of sp³-hybridized carbons (Fsp3) is 0.500. The third-order valence-corrected chi connectivity index (χ3v) is 3.02. The minimum absolute atomic E-state index is 0.941. The Bertz CT molecular complexity index is 307. The van der Waals surface area contributed by atoms with Crippen LogP contribution in [0.1, 0.15) is 23.1 Å². The van der Waals surface area contributed by atoms with Gasteiger partial charge in [0.1, 0.15) is 0 Å². The molecule has 0 atom stereocenters. The lowest BCUT2D eigenvalue weighted by molar-refractivity contribution is 0.991. The van der Waals surface area contributed by atoms with Gasteiger partial charge in [0.15, 0.2) is 0 Å². The molecule has 0 spiro atoms. The molecule has 14 heavy (non-hydrogen) atoms. The van der Waals surface area contributed by atoms with Crippen molar-refractivity contribution in [3.05, 3.63) is 28.8 Å². The van der Waals surface area contributed by atoms with E-state index in [1.165, 1.54) is 22.4 Å². The van der Waals surface area contributed by atoms with Gasteiger partial charge in [-0.2, -0.15) is 12.6 Å². The summed E-state index contributed by atoms with van der Waals surface area (Å²) in [4.78, 5) is 0. The Morgan fingerprint density at radius 1 is 1.14 bits per heavy atom. The molecule has 0 radical (unpaired) electrons. The van der Waals surface area contributed by atoms with Crippen molar-refractivity contribution >= 4 is 18.3 Å². The highest BCUT2D eigenvalue weighted by Gasteiger charge is 2.02. The smallest absolute Gasteiger partial charge is 0.0372 e. The number of rotatable bonds is 4. The minimum Gasteiger partial charge on any atom is -0.385 e. The van der Waals surface area contributed by atoms with Crippen molar-refractivity contribution in [3.63, 3.8) is 0 Å². The summed E-state index contributed by atoms with van der Waals surface area (Å²) in [6.07, 6.45) is 1.11. The summed E-state index contributed by atoms with van der Waals surface area (Å²) in [6, 6.07) is 4.33. The average Bonchev–Trinajstić information content (AvgIpc) is 2.18. The summed E-state index contributed by atoms with van der Waals surface area (Å²) in [5.41, 5.74) is 5.38. The van der Waals surface area contributed by atoms with Crippen molar-refractivity contribution in [2.75, 3.05) is 17.6 Å². The van der Waals surface area contributed by atoms with Gasteiger partial charge in [-0.15, -0.1) is 0 Å². The molecule has 0 aromatic heterocycles. The standard InChI is InChI=1S/C12H19NS/c1-9-5-6-12(11(3)10(9)2)13-7-4-8-14/h5-6,13-14H,4,7-8H2,1-3H3. The van der Waals surface area contributed by atoms with Crippen LogP contribution in [0.2, 0.25) is 0 Å². The highest BCUT2D eigenvalue weighted by atomic mass is 32.1. The average molecular weight is 209 g/mol. The van der Waals surface area contributed by atoms with Crippen molar-refractivity contribution in [1.82, 2.24) is 0 Å². The molecule has 0 saturated heterocycles. The minimum atomic E-state index is 0.941. The molecular weight excluding hydrogens is 190 g/mol. The Morgan fingerprint density at radius 2 is 1.86 bits per heavy atom. The quantitative estimate of drug-likeness (QED) is 0.572. The first kappa shape index (κ1) is 11.4. The molecule has 1 nitrogen and oxygen atoms in total. The van der Waals surface area contributed by atoms with E-state index in [1.807, 2.05) is 0 Å². The number of hydrogen-bond acceptors (Lipinski definition) is 2. The third-order valence-electron chi connectivity index (χ3n) is 2.71. The van der Waals surface area contributed by atoms with Crippen molar-refractivity contribution in [2.45, 2.75) is 27.2 Å². The molecular formula is C12H19NS. The summed E-state index contributed by atoms with van der Waals surface area (Å²) < 4.78 is 0. The second-order valence-corrected chi connectivity index (χ2v) is 4.13. The van der Waals surface area contributed by atoms with Crippen LogP contribution in [-0.4, -0.2) is 12.3 Å². The molecule has 1 aromatic rings. The lowest BCUT2D eigenvalue weighted by Gasteiger charge is -2.12. The van der Waals surface area contributed by atoms with E-state index in [0.29, 0.717) is 0 Å². The van der Waals surface area contributed by atoms with Crippen LogP contribution in [0.4, 0.5) is 5.69 Å². The summed E-state index contributed by atoms with van der Waals surface area (Å²) in [5, 5.41) is 3.43. The zero-order valence-corrected chi connectivity index (χ0v) is 10.1. The van der Waals surface area contributed by atoms with Crippen LogP contribution in [0.3, 0.4) is 0 Å². The van der Waals surface area contributed by atoms with Crippen LogP contribution in [0.25, 0.3) is 0 Å². The zero-order chi connectivity index (χ0) is 10.6. The lowest BCUT2D eigenvalue weighted by Crippen LogP contribution is -2.04. The van der Waals surface area contributed by atoms with Gasteiger partial charge in [-0.25, -0.2) is 0 Å². The van der Waals surface area contributed by atoms with Crippen LogP contribution in [0.15, 0.2) is 12.1 Å². The highest BCUT2D eigenvalue weighted by Crippen LogP contribution is 2.21. The Hall–Kier alpha value is -0.630. The maximum atomic E-state index is 4.19. The van der Waals surface area contributed by atoms with Crippen molar-refractivity contribution in [3.8, 4) is 0 Å². The van der Waals surface area contributed by atoms with E-state index in [9.17, 15) is 0 Å². The highest BCUT2D eigenvalue weighted by molar-refractivity contribution is 7.80. The second-order valence-electron chi connectivity index (χ2n) is 3.68. The van der Waals surface area contributed by atoms with Crippen LogP contribution in [0, 0.1) is 20.8 Å². The monoisotopic (exact) mass is 209 g/mol. The van der Waals surface area contributed by atoms with Crippen LogP contribution >= 0.6 is 12.6 Å². The molecule has 0 aliphatic heterocycles. The molecule has 0 unspecified atom stereocenters. The van der Waals surface area contributed by atoms with Crippen molar-refractivity contribution in [2.24, 2.45) is 0 Å². The van der Waals surface area contributed by atoms with Crippen LogP contribution in [-0.2, 0) is 0 Å². The van der Waals surface area contributed by atoms with E-state index in [2.05, 4.69) is 50.8 Å². The second kappa shape index (κ2) is 5.30. The number of thiol groups is 1. The molecule has 0 fully saturated rings. The number of aryl methyl sites for hydroxylation is 1. The molecule has 2 heteroatoms. The third kappa shape index (κ3) is 2.68. The van der Waals surface area contributed by atoms with E-state index >= 15 is 0 Å². The summed E-state index contributed by atoms with van der Waals surface area (Å²) in [5.74, 6) is 0.941. The summed E-state index contributed by atoms with van der Waals surface area (Å²) >= 11 is 4.19. The largest absolute Gasteiger partial charge is 0.385 e. The van der Waals surface area contributed by atoms with E-state index in [4.69, 9.17) is 0 Å². The molecule has 1 N–H and O–H groups in total. The van der Waals surface area contributed by atoms with Crippen LogP contribution in [0.5, 0.6) is 0 Å². The van der Waals surface area contributed by atoms with Gasteiger partial charge in [-0.3, -0.25) is 0 Å². The first-order valence-corrected chi connectivity index (χ1v) is 5.71. The predicted octanol–water partition coefficient (Wildman–Crippen LogP) is 3.34. The van der Waals surface area contributed by atoms with Crippen molar-refractivity contribution in [1.29, 1.82) is 0 Å². The summed E-state index contributed by atoms with van der Waals surface area (Å²) in [7, 11) is 0. The predicted molar refractivity (Wildman–Crippen MR) is 67.6 cm³/mol. The van der Waals surface area contributed by atoms with Crippen molar-refractivity contribution < 1.29 is 0 Å². The van der Waals surface area contributed by atoms with E-state index < -0.39 is 0 Å². The Morgan fingerprint density at radius 3 is 2.50 bits per heavy atom. The van der Waals surface area contributed by atoms with Gasteiger partial charge in [0.25, 0.3) is 0 Å². The Labute approximate surface area is 92.3 Å². The number of nitrogens with one attached hydrogen (secondary N) is 1.